The monoisotopic (exact) mass is 479 g/mol. The molecule has 2 aromatic rings. The van der Waals surface area contributed by atoms with Crippen LogP contribution < -0.4 is 5.32 Å². The van der Waals surface area contributed by atoms with E-state index in [1.165, 1.54) is 19.3 Å². The van der Waals surface area contributed by atoms with Crippen LogP contribution in [0.4, 0.5) is 0 Å². The Labute approximate surface area is 210 Å². The summed E-state index contributed by atoms with van der Waals surface area (Å²) in [5, 5.41) is 3.36. The number of hydrogen-bond acceptors (Lipinski definition) is 3. The van der Waals surface area contributed by atoms with Crippen molar-refractivity contribution in [1.82, 2.24) is 14.8 Å². The van der Waals surface area contributed by atoms with E-state index >= 15 is 0 Å². The van der Waals surface area contributed by atoms with Crippen molar-refractivity contribution in [1.29, 1.82) is 0 Å². The van der Waals surface area contributed by atoms with Crippen molar-refractivity contribution < 1.29 is 14.3 Å². The van der Waals surface area contributed by atoms with Crippen LogP contribution >= 0.6 is 0 Å². The molecule has 2 amide bonds. The highest BCUT2D eigenvalue weighted by Crippen LogP contribution is 2.33. The van der Waals surface area contributed by atoms with Gasteiger partial charge >= 0.3 is 0 Å². The molecule has 1 unspecified atom stereocenters. The Hall–Kier alpha value is -2.60. The van der Waals surface area contributed by atoms with Gasteiger partial charge in [0.1, 0.15) is 11.2 Å². The molecule has 0 bridgehead atoms. The number of rotatable bonds is 8. The predicted molar refractivity (Wildman–Crippen MR) is 139 cm³/mol. The van der Waals surface area contributed by atoms with Crippen LogP contribution in [0.1, 0.15) is 82.6 Å². The van der Waals surface area contributed by atoms with E-state index in [-0.39, 0.29) is 24.0 Å². The fourth-order valence-corrected chi connectivity index (χ4v) is 5.47. The molecule has 2 aliphatic rings. The van der Waals surface area contributed by atoms with Crippen LogP contribution in [0.2, 0.25) is 0 Å². The van der Waals surface area contributed by atoms with E-state index in [1.54, 1.807) is 4.90 Å². The minimum atomic E-state index is -0.965. The summed E-state index contributed by atoms with van der Waals surface area (Å²) in [5.74, 6) is -0.127. The van der Waals surface area contributed by atoms with Gasteiger partial charge in [0.05, 0.1) is 12.6 Å². The molecule has 35 heavy (non-hydrogen) atoms. The van der Waals surface area contributed by atoms with Crippen LogP contribution in [0.25, 0.3) is 11.3 Å². The molecule has 1 aromatic heterocycles. The zero-order valence-corrected chi connectivity index (χ0v) is 21.6. The summed E-state index contributed by atoms with van der Waals surface area (Å²) in [6.45, 7) is 7.45. The lowest BCUT2D eigenvalue weighted by Crippen LogP contribution is -2.65. The molecular weight excluding hydrogens is 438 g/mol. The third kappa shape index (κ3) is 5.80. The van der Waals surface area contributed by atoms with Crippen molar-refractivity contribution in [2.24, 2.45) is 0 Å². The van der Waals surface area contributed by atoms with Crippen LogP contribution in [0.15, 0.2) is 42.5 Å². The number of carbonyl (C=O) groups excluding carboxylic acids is 2. The van der Waals surface area contributed by atoms with Crippen molar-refractivity contribution in [3.63, 3.8) is 0 Å². The minimum Gasteiger partial charge on any atom is -0.379 e. The molecule has 1 saturated carbocycles. The average Bonchev–Trinajstić information content (AvgIpc) is 3.24. The Bertz CT molecular complexity index is 992. The molecule has 0 saturated heterocycles. The predicted octanol–water partition coefficient (Wildman–Crippen LogP) is 5.41. The van der Waals surface area contributed by atoms with Gasteiger partial charge in [0, 0.05) is 24.9 Å². The molecular formula is C29H41N3O3. The number of fused-ring (bicyclic) bond motifs is 1. The Balaban J connectivity index is 1.61. The fraction of sp³-hybridized carbons (Fsp3) is 0.586. The third-order valence-electron chi connectivity index (χ3n) is 7.48. The van der Waals surface area contributed by atoms with Crippen LogP contribution in [0, 0.1) is 0 Å². The molecule has 0 spiro atoms. The van der Waals surface area contributed by atoms with Gasteiger partial charge in [-0.1, -0.05) is 62.4 Å². The van der Waals surface area contributed by atoms with E-state index in [0.29, 0.717) is 31.8 Å². The summed E-state index contributed by atoms with van der Waals surface area (Å²) in [7, 11) is 0. The van der Waals surface area contributed by atoms with Gasteiger partial charge in [0.25, 0.3) is 5.91 Å². The summed E-state index contributed by atoms with van der Waals surface area (Å²) in [6.07, 6.45) is 8.93. The second kappa shape index (κ2) is 11.4. The highest BCUT2D eigenvalue weighted by molar-refractivity contribution is 6.00. The number of hydrogen-bond donors (Lipinski definition) is 1. The van der Waals surface area contributed by atoms with Gasteiger partial charge in [-0.2, -0.15) is 0 Å². The lowest BCUT2D eigenvalue weighted by molar-refractivity contribution is -0.133. The first-order valence-electron chi connectivity index (χ1n) is 13.4. The molecule has 1 aromatic carbocycles. The molecule has 4 rings (SSSR count). The quantitative estimate of drug-likeness (QED) is 0.515. The van der Waals surface area contributed by atoms with E-state index in [2.05, 4.69) is 17.4 Å². The SMILES string of the molecule is CC(C)OCCCN1C(=O)c2ccc(-c3ccccc3)n2CC1(C)C(=O)NC1CCCCCCC1. The van der Waals surface area contributed by atoms with Gasteiger partial charge in [-0.25, -0.2) is 0 Å². The maximum absolute atomic E-state index is 13.9. The molecule has 1 atom stereocenters. The van der Waals surface area contributed by atoms with E-state index in [9.17, 15) is 9.59 Å². The van der Waals surface area contributed by atoms with Gasteiger partial charge in [-0.05, 0) is 57.7 Å². The van der Waals surface area contributed by atoms with Crippen molar-refractivity contribution in [3.8, 4) is 11.3 Å². The van der Waals surface area contributed by atoms with E-state index in [1.807, 2.05) is 55.7 Å². The van der Waals surface area contributed by atoms with Gasteiger partial charge < -0.3 is 19.5 Å². The van der Waals surface area contributed by atoms with Crippen LogP contribution in [0.3, 0.4) is 0 Å². The number of nitrogens with one attached hydrogen (secondary N) is 1. The summed E-state index contributed by atoms with van der Waals surface area (Å²) in [4.78, 5) is 29.5. The van der Waals surface area contributed by atoms with Crippen molar-refractivity contribution in [2.75, 3.05) is 13.2 Å². The van der Waals surface area contributed by atoms with E-state index in [0.717, 1.165) is 36.9 Å². The smallest absolute Gasteiger partial charge is 0.271 e. The first-order valence-corrected chi connectivity index (χ1v) is 13.4. The van der Waals surface area contributed by atoms with Crippen LogP contribution in [0.5, 0.6) is 0 Å². The Morgan fingerprint density at radius 3 is 2.37 bits per heavy atom. The molecule has 1 aliphatic carbocycles. The standard InChI is InChI=1S/C29H41N3O3/c1-22(2)35-20-12-19-32-27(33)26-18-17-25(23-13-8-7-9-14-23)31(26)21-29(32,3)28(34)30-24-15-10-5-4-6-11-16-24/h7-9,13-14,17-18,22,24H,4-6,10-12,15-16,19-21H2,1-3H3,(H,30,34). The third-order valence-corrected chi connectivity index (χ3v) is 7.48. The summed E-state index contributed by atoms with van der Waals surface area (Å²) in [5.41, 5.74) is 1.70. The first kappa shape index (κ1) is 25.5. The Kier molecular flexibility index (Phi) is 8.32. The van der Waals surface area contributed by atoms with E-state index < -0.39 is 5.54 Å². The summed E-state index contributed by atoms with van der Waals surface area (Å²) >= 11 is 0. The number of ether oxygens (including phenoxy) is 1. The minimum absolute atomic E-state index is 0.0421. The maximum Gasteiger partial charge on any atom is 0.271 e. The zero-order valence-electron chi connectivity index (χ0n) is 21.6. The van der Waals surface area contributed by atoms with Gasteiger partial charge in [0.2, 0.25) is 5.91 Å². The summed E-state index contributed by atoms with van der Waals surface area (Å²) in [6, 6.07) is 14.2. The lowest BCUT2D eigenvalue weighted by atomic mass is 9.91. The van der Waals surface area contributed by atoms with Gasteiger partial charge in [-0.3, -0.25) is 9.59 Å². The number of benzene rings is 1. The van der Waals surface area contributed by atoms with Crippen molar-refractivity contribution in [2.45, 2.75) is 96.4 Å². The number of nitrogens with zero attached hydrogens (tertiary/aromatic N) is 2. The molecule has 6 nitrogen and oxygen atoms in total. The topological polar surface area (TPSA) is 63.6 Å². The largest absolute Gasteiger partial charge is 0.379 e. The second-order valence-corrected chi connectivity index (χ2v) is 10.6. The second-order valence-electron chi connectivity index (χ2n) is 10.6. The molecule has 1 aliphatic heterocycles. The van der Waals surface area contributed by atoms with Crippen LogP contribution in [-0.2, 0) is 16.1 Å². The van der Waals surface area contributed by atoms with Crippen LogP contribution in [-0.4, -0.2) is 52.1 Å². The highest BCUT2D eigenvalue weighted by Gasteiger charge is 2.47. The average molecular weight is 480 g/mol. The highest BCUT2D eigenvalue weighted by atomic mass is 16.5. The molecule has 2 heterocycles. The Morgan fingerprint density at radius 1 is 1.03 bits per heavy atom. The number of amides is 2. The van der Waals surface area contributed by atoms with E-state index in [4.69, 9.17) is 4.74 Å². The number of carbonyl (C=O) groups is 2. The van der Waals surface area contributed by atoms with Crippen molar-refractivity contribution >= 4 is 11.8 Å². The van der Waals surface area contributed by atoms with Gasteiger partial charge in [-0.15, -0.1) is 0 Å². The molecule has 1 fully saturated rings. The Morgan fingerprint density at radius 2 is 1.69 bits per heavy atom. The molecule has 0 radical (unpaired) electrons. The molecule has 190 valence electrons. The fourth-order valence-electron chi connectivity index (χ4n) is 5.47. The molecule has 6 heteroatoms. The maximum atomic E-state index is 13.9. The first-order chi connectivity index (χ1) is 16.9. The lowest BCUT2D eigenvalue weighted by Gasteiger charge is -2.45. The molecule has 1 N–H and O–H groups in total. The number of aromatic nitrogens is 1. The van der Waals surface area contributed by atoms with Crippen molar-refractivity contribution in [3.05, 3.63) is 48.2 Å². The normalized spacial score (nSPS) is 21.5. The summed E-state index contributed by atoms with van der Waals surface area (Å²) < 4.78 is 7.77. The van der Waals surface area contributed by atoms with Gasteiger partial charge in [0.15, 0.2) is 0 Å². The zero-order chi connectivity index (χ0) is 24.8.